The first kappa shape index (κ1) is 24.8. The molecular formula is C32H35NO6. The van der Waals surface area contributed by atoms with Crippen LogP contribution in [0.2, 0.25) is 0 Å². The van der Waals surface area contributed by atoms with Gasteiger partial charge in [-0.15, -0.1) is 0 Å². The Bertz CT molecular complexity index is 1500. The van der Waals surface area contributed by atoms with Crippen molar-refractivity contribution in [2.75, 3.05) is 6.61 Å². The summed E-state index contributed by atoms with van der Waals surface area (Å²) in [6.45, 7) is 2.12. The van der Waals surface area contributed by atoms with Gasteiger partial charge in [-0.25, -0.2) is 4.79 Å². The zero-order valence-electron chi connectivity index (χ0n) is 22.6. The monoisotopic (exact) mass is 529 g/mol. The Morgan fingerprint density at radius 1 is 1.05 bits per heavy atom. The van der Waals surface area contributed by atoms with E-state index in [4.69, 9.17) is 9.47 Å². The van der Waals surface area contributed by atoms with Crippen LogP contribution < -0.4 is 0 Å². The molecule has 7 nitrogen and oxygen atoms in total. The summed E-state index contributed by atoms with van der Waals surface area (Å²) in [5.74, 6) is -0.442. The number of hydrogen-bond acceptors (Lipinski definition) is 6. The van der Waals surface area contributed by atoms with Crippen LogP contribution in [0.4, 0.5) is 4.79 Å². The lowest BCUT2D eigenvalue weighted by Gasteiger charge is -2.59. The largest absolute Gasteiger partial charge is 0.509 e. The zero-order valence-corrected chi connectivity index (χ0v) is 22.6. The number of fused-ring (bicyclic) bond motifs is 2. The third-order valence-corrected chi connectivity index (χ3v) is 10.7. The Labute approximate surface area is 227 Å². The maximum atomic E-state index is 13.7. The quantitative estimate of drug-likeness (QED) is 0.494. The van der Waals surface area contributed by atoms with Gasteiger partial charge in [0.15, 0.2) is 11.6 Å². The molecule has 2 unspecified atom stereocenters. The number of aryl methyl sites for hydroxylation is 1. The number of carbonyl (C=O) groups excluding carboxylic acids is 3. The SMILES string of the molecule is Cn1ccc2cc([C@H]3C[C@@]4(C)C5CC[C@]4(O)C(=O)CCCOC(=O)OC54CCC5=CC(=O)CCC5=C34)ccc21. The molecule has 5 atom stereocenters. The summed E-state index contributed by atoms with van der Waals surface area (Å²) in [6.07, 6.45) is 7.32. The average molecular weight is 530 g/mol. The normalized spacial score (nSPS) is 36.5. The summed E-state index contributed by atoms with van der Waals surface area (Å²) in [5, 5.41) is 13.3. The zero-order chi connectivity index (χ0) is 27.2. The highest BCUT2D eigenvalue weighted by Crippen LogP contribution is 2.69. The first-order valence-electron chi connectivity index (χ1n) is 14.3. The summed E-state index contributed by atoms with van der Waals surface area (Å²) in [4.78, 5) is 39.4. The molecule has 39 heavy (non-hydrogen) atoms. The molecule has 1 spiro atoms. The molecule has 1 saturated heterocycles. The number of rotatable bonds is 1. The molecule has 1 aromatic carbocycles. The molecule has 4 aliphatic carbocycles. The molecule has 2 aromatic rings. The molecule has 204 valence electrons. The number of hydrogen-bond donors (Lipinski definition) is 1. The Morgan fingerprint density at radius 2 is 1.90 bits per heavy atom. The number of aliphatic hydroxyl groups is 1. The van der Waals surface area contributed by atoms with E-state index >= 15 is 0 Å². The minimum absolute atomic E-state index is 0.0811. The minimum Gasteiger partial charge on any atom is -0.434 e. The van der Waals surface area contributed by atoms with Crippen molar-refractivity contribution in [3.05, 3.63) is 58.8 Å². The van der Waals surface area contributed by atoms with Crippen LogP contribution in [0.25, 0.3) is 10.9 Å². The number of benzene rings is 1. The van der Waals surface area contributed by atoms with E-state index in [9.17, 15) is 19.5 Å². The van der Waals surface area contributed by atoms with Crippen LogP contribution in [0.15, 0.2) is 53.3 Å². The van der Waals surface area contributed by atoms with Crippen LogP contribution in [0.3, 0.4) is 0 Å². The fourth-order valence-electron chi connectivity index (χ4n) is 8.91. The molecular weight excluding hydrogens is 494 g/mol. The minimum atomic E-state index is -1.49. The summed E-state index contributed by atoms with van der Waals surface area (Å²) in [5.41, 5.74) is 2.11. The van der Waals surface area contributed by atoms with Crippen molar-refractivity contribution in [2.45, 2.75) is 81.8 Å². The highest BCUT2D eigenvalue weighted by Gasteiger charge is 2.71. The lowest BCUT2D eigenvalue weighted by molar-refractivity contribution is -0.166. The maximum absolute atomic E-state index is 13.7. The molecule has 5 aliphatic rings. The number of allylic oxidation sites excluding steroid dienone is 3. The van der Waals surface area contributed by atoms with Gasteiger partial charge in [0.2, 0.25) is 0 Å². The molecule has 1 aromatic heterocycles. The third kappa shape index (κ3) is 3.35. The lowest BCUT2D eigenvalue weighted by atomic mass is 9.48. The number of aromatic nitrogens is 1. The molecule has 7 heteroatoms. The number of Topliss-reactive ketones (excluding diaryl/α,β-unsaturated/α-hetero) is 1. The topological polar surface area (TPSA) is 94.8 Å². The number of ether oxygens (including phenoxy) is 2. The van der Waals surface area contributed by atoms with Crippen molar-refractivity contribution in [3.8, 4) is 0 Å². The predicted molar refractivity (Wildman–Crippen MR) is 144 cm³/mol. The fraction of sp³-hybridized carbons (Fsp3) is 0.531. The highest BCUT2D eigenvalue weighted by molar-refractivity contribution is 5.93. The van der Waals surface area contributed by atoms with Gasteiger partial charge in [-0.2, -0.15) is 0 Å². The maximum Gasteiger partial charge on any atom is 0.509 e. The molecule has 4 bridgehead atoms. The Balaban J connectivity index is 1.51. The van der Waals surface area contributed by atoms with Crippen LogP contribution in [-0.2, 0) is 26.1 Å². The Morgan fingerprint density at radius 3 is 2.74 bits per heavy atom. The average Bonchev–Trinajstić information content (AvgIpc) is 3.42. The van der Waals surface area contributed by atoms with E-state index in [1.165, 1.54) is 0 Å². The first-order valence-corrected chi connectivity index (χ1v) is 14.3. The molecule has 0 radical (unpaired) electrons. The van der Waals surface area contributed by atoms with Crippen molar-refractivity contribution in [2.24, 2.45) is 18.4 Å². The van der Waals surface area contributed by atoms with E-state index in [0.29, 0.717) is 51.4 Å². The number of nitrogens with zero attached hydrogens (tertiary/aromatic N) is 1. The molecule has 0 amide bonds. The summed E-state index contributed by atoms with van der Waals surface area (Å²) >= 11 is 0. The van der Waals surface area contributed by atoms with Crippen LogP contribution in [0.1, 0.15) is 76.2 Å². The Hall–Kier alpha value is -3.19. The molecule has 2 heterocycles. The van der Waals surface area contributed by atoms with Crippen LogP contribution in [0.5, 0.6) is 0 Å². The second kappa shape index (κ2) is 8.40. The second-order valence-electron chi connectivity index (χ2n) is 12.5. The molecule has 2 saturated carbocycles. The van der Waals surface area contributed by atoms with Gasteiger partial charge in [0.25, 0.3) is 0 Å². The number of ketones is 2. The highest BCUT2D eigenvalue weighted by atomic mass is 16.7. The van der Waals surface area contributed by atoms with E-state index in [0.717, 1.165) is 33.2 Å². The van der Waals surface area contributed by atoms with Crippen LogP contribution in [-0.4, -0.2) is 45.2 Å². The molecule has 1 N–H and O–H groups in total. The smallest absolute Gasteiger partial charge is 0.434 e. The van der Waals surface area contributed by atoms with E-state index < -0.39 is 22.8 Å². The van der Waals surface area contributed by atoms with Gasteiger partial charge in [-0.3, -0.25) is 9.59 Å². The summed E-state index contributed by atoms with van der Waals surface area (Å²) in [7, 11) is 2.02. The Kier molecular flexibility index (Phi) is 5.35. The van der Waals surface area contributed by atoms with Crippen LogP contribution in [0, 0.1) is 11.3 Å². The van der Waals surface area contributed by atoms with Gasteiger partial charge in [-0.1, -0.05) is 13.0 Å². The number of cyclic esters (lactones) is 1. The van der Waals surface area contributed by atoms with Crippen molar-refractivity contribution >= 4 is 28.6 Å². The molecule has 3 fully saturated rings. The second-order valence-corrected chi connectivity index (χ2v) is 12.5. The van der Waals surface area contributed by atoms with Crippen molar-refractivity contribution in [1.29, 1.82) is 0 Å². The van der Waals surface area contributed by atoms with Gasteiger partial charge in [0.05, 0.1) is 6.61 Å². The van der Waals surface area contributed by atoms with Crippen molar-refractivity contribution in [1.82, 2.24) is 4.57 Å². The summed E-state index contributed by atoms with van der Waals surface area (Å²) < 4.78 is 14.1. The van der Waals surface area contributed by atoms with E-state index in [1.54, 1.807) is 6.08 Å². The van der Waals surface area contributed by atoms with E-state index in [-0.39, 0.29) is 36.4 Å². The third-order valence-electron chi connectivity index (χ3n) is 10.7. The first-order chi connectivity index (χ1) is 18.7. The van der Waals surface area contributed by atoms with Crippen molar-refractivity contribution < 1.29 is 29.0 Å². The predicted octanol–water partition coefficient (Wildman–Crippen LogP) is 5.45. The van der Waals surface area contributed by atoms with Gasteiger partial charge in [0, 0.05) is 48.9 Å². The van der Waals surface area contributed by atoms with Gasteiger partial charge < -0.3 is 19.1 Å². The fourth-order valence-corrected chi connectivity index (χ4v) is 8.91. The van der Waals surface area contributed by atoms with Gasteiger partial charge in [-0.05, 0) is 96.9 Å². The van der Waals surface area contributed by atoms with Gasteiger partial charge in [0.1, 0.15) is 11.2 Å². The van der Waals surface area contributed by atoms with Crippen molar-refractivity contribution in [3.63, 3.8) is 0 Å². The van der Waals surface area contributed by atoms with Crippen LogP contribution >= 0.6 is 0 Å². The standard InChI is InChI=1S/C32H35NO6/c1-30-18-24(19-5-8-25-21(16-19)11-14-33(25)2)28-23-7-6-22(34)17-20(23)9-12-31(28)26(30)10-13-32(30,37)27(35)4-3-15-38-29(36)39-31/h5,8,11,14,16-17,24,26,37H,3-4,6-7,9-10,12-13,15,18H2,1-2H3/t24-,26?,30+,31?,32+/m1/s1. The summed E-state index contributed by atoms with van der Waals surface area (Å²) in [6, 6.07) is 8.53. The van der Waals surface area contributed by atoms with Gasteiger partial charge >= 0.3 is 6.16 Å². The lowest BCUT2D eigenvalue weighted by Crippen LogP contribution is -2.62. The molecule has 1 aliphatic heterocycles. The number of carbonyl (C=O) groups is 3. The van der Waals surface area contributed by atoms with E-state index in [1.807, 2.05) is 20.2 Å². The molecule has 7 rings (SSSR count). The van der Waals surface area contributed by atoms with E-state index in [2.05, 4.69) is 28.8 Å².